The van der Waals surface area contributed by atoms with Crippen LogP contribution in [0.25, 0.3) is 0 Å². The standard InChI is InChI=1S/C13H19N5/c1-13(2,14-12-15-16-17-18(12)3)10-9-11-7-5-4-6-8-11/h4-8H,9-10H2,1-3H3,(H,14,15,17). The number of aryl methyl sites for hydroxylation is 2. The molecule has 1 aromatic carbocycles. The van der Waals surface area contributed by atoms with E-state index in [4.69, 9.17) is 0 Å². The van der Waals surface area contributed by atoms with Gasteiger partial charge in [0.2, 0.25) is 5.95 Å². The zero-order valence-corrected chi connectivity index (χ0v) is 11.1. The van der Waals surface area contributed by atoms with Crippen molar-refractivity contribution in [2.45, 2.75) is 32.2 Å². The molecule has 5 heteroatoms. The van der Waals surface area contributed by atoms with Crippen LogP contribution in [0.15, 0.2) is 30.3 Å². The van der Waals surface area contributed by atoms with E-state index >= 15 is 0 Å². The minimum Gasteiger partial charge on any atom is -0.348 e. The molecule has 0 saturated heterocycles. The number of nitrogens with zero attached hydrogens (tertiary/aromatic N) is 4. The Balaban J connectivity index is 1.93. The molecule has 0 amide bonds. The summed E-state index contributed by atoms with van der Waals surface area (Å²) in [6, 6.07) is 10.5. The Kier molecular flexibility index (Phi) is 3.60. The van der Waals surface area contributed by atoms with Crippen molar-refractivity contribution < 1.29 is 0 Å². The molecule has 0 radical (unpaired) electrons. The van der Waals surface area contributed by atoms with Crippen LogP contribution < -0.4 is 5.32 Å². The third kappa shape index (κ3) is 3.29. The van der Waals surface area contributed by atoms with Crippen LogP contribution in [-0.4, -0.2) is 25.7 Å². The molecule has 0 aliphatic carbocycles. The van der Waals surface area contributed by atoms with Crippen molar-refractivity contribution in [3.63, 3.8) is 0 Å². The molecule has 18 heavy (non-hydrogen) atoms. The van der Waals surface area contributed by atoms with Crippen molar-refractivity contribution in [3.8, 4) is 0 Å². The van der Waals surface area contributed by atoms with Gasteiger partial charge in [-0.15, -0.1) is 0 Å². The zero-order valence-electron chi connectivity index (χ0n) is 11.1. The fraction of sp³-hybridized carbons (Fsp3) is 0.462. The summed E-state index contributed by atoms with van der Waals surface area (Å²) in [4.78, 5) is 0. The highest BCUT2D eigenvalue weighted by molar-refractivity contribution is 5.26. The van der Waals surface area contributed by atoms with Crippen LogP contribution in [0.3, 0.4) is 0 Å². The first-order chi connectivity index (χ1) is 8.57. The lowest BCUT2D eigenvalue weighted by molar-refractivity contribution is 0.509. The lowest BCUT2D eigenvalue weighted by Gasteiger charge is -2.26. The Hall–Kier alpha value is -1.91. The molecule has 0 unspecified atom stereocenters. The summed E-state index contributed by atoms with van der Waals surface area (Å²) in [6.07, 6.45) is 2.05. The summed E-state index contributed by atoms with van der Waals surface area (Å²) < 4.78 is 1.64. The van der Waals surface area contributed by atoms with Crippen molar-refractivity contribution in [2.75, 3.05) is 5.32 Å². The number of hydrogen-bond acceptors (Lipinski definition) is 4. The van der Waals surface area contributed by atoms with Gasteiger partial charge in [0.25, 0.3) is 0 Å². The summed E-state index contributed by atoms with van der Waals surface area (Å²) >= 11 is 0. The summed E-state index contributed by atoms with van der Waals surface area (Å²) in [5, 5.41) is 14.7. The number of anilines is 1. The van der Waals surface area contributed by atoms with Crippen LogP contribution in [0.2, 0.25) is 0 Å². The largest absolute Gasteiger partial charge is 0.348 e. The van der Waals surface area contributed by atoms with Crippen molar-refractivity contribution in [1.29, 1.82) is 0 Å². The molecular formula is C13H19N5. The molecule has 1 aromatic heterocycles. The minimum absolute atomic E-state index is 0.0433. The number of tetrazole rings is 1. The van der Waals surface area contributed by atoms with Crippen LogP contribution >= 0.6 is 0 Å². The lowest BCUT2D eigenvalue weighted by atomic mass is 9.95. The van der Waals surface area contributed by atoms with Crippen molar-refractivity contribution in [3.05, 3.63) is 35.9 Å². The number of rotatable bonds is 5. The van der Waals surface area contributed by atoms with E-state index in [1.54, 1.807) is 4.68 Å². The highest BCUT2D eigenvalue weighted by Crippen LogP contribution is 2.18. The zero-order chi connectivity index (χ0) is 13.0. The second-order valence-corrected chi connectivity index (χ2v) is 5.12. The highest BCUT2D eigenvalue weighted by atomic mass is 15.6. The second kappa shape index (κ2) is 5.16. The molecule has 0 atom stereocenters. The van der Waals surface area contributed by atoms with E-state index in [9.17, 15) is 0 Å². The van der Waals surface area contributed by atoms with Crippen molar-refractivity contribution >= 4 is 5.95 Å². The van der Waals surface area contributed by atoms with E-state index in [0.29, 0.717) is 5.95 Å². The van der Waals surface area contributed by atoms with Crippen LogP contribution in [0.5, 0.6) is 0 Å². The summed E-state index contributed by atoms with van der Waals surface area (Å²) in [5.41, 5.74) is 1.31. The Morgan fingerprint density at radius 2 is 1.94 bits per heavy atom. The number of aromatic nitrogens is 4. The topological polar surface area (TPSA) is 55.6 Å². The maximum Gasteiger partial charge on any atom is 0.243 e. The number of hydrogen-bond donors (Lipinski definition) is 1. The average molecular weight is 245 g/mol. The molecule has 0 bridgehead atoms. The van der Waals surface area contributed by atoms with Gasteiger partial charge in [0.1, 0.15) is 0 Å². The minimum atomic E-state index is -0.0433. The smallest absolute Gasteiger partial charge is 0.243 e. The molecule has 5 nitrogen and oxygen atoms in total. The maximum atomic E-state index is 3.95. The Labute approximate surface area is 107 Å². The third-order valence-corrected chi connectivity index (χ3v) is 2.95. The predicted octanol–water partition coefficient (Wildman–Crippen LogP) is 2.03. The summed E-state index contributed by atoms with van der Waals surface area (Å²) in [7, 11) is 1.83. The van der Waals surface area contributed by atoms with Gasteiger partial charge in [0, 0.05) is 12.6 Å². The van der Waals surface area contributed by atoms with Gasteiger partial charge in [-0.2, -0.15) is 0 Å². The average Bonchev–Trinajstić information content (AvgIpc) is 2.73. The molecule has 0 aliphatic rings. The Morgan fingerprint density at radius 1 is 1.22 bits per heavy atom. The van der Waals surface area contributed by atoms with Crippen molar-refractivity contribution in [1.82, 2.24) is 20.2 Å². The molecule has 1 heterocycles. The van der Waals surface area contributed by atoms with Crippen LogP contribution in [-0.2, 0) is 13.5 Å². The quantitative estimate of drug-likeness (QED) is 0.875. The normalized spacial score (nSPS) is 11.5. The van der Waals surface area contributed by atoms with E-state index in [1.807, 2.05) is 13.1 Å². The predicted molar refractivity (Wildman–Crippen MR) is 71.3 cm³/mol. The lowest BCUT2D eigenvalue weighted by Crippen LogP contribution is -2.32. The molecule has 0 saturated carbocycles. The maximum absolute atomic E-state index is 3.95. The van der Waals surface area contributed by atoms with Crippen molar-refractivity contribution in [2.24, 2.45) is 7.05 Å². The highest BCUT2D eigenvalue weighted by Gasteiger charge is 2.19. The number of benzene rings is 1. The van der Waals surface area contributed by atoms with Gasteiger partial charge in [-0.05, 0) is 42.7 Å². The monoisotopic (exact) mass is 245 g/mol. The Bertz CT molecular complexity index is 489. The van der Waals surface area contributed by atoms with E-state index in [1.165, 1.54) is 5.56 Å². The fourth-order valence-corrected chi connectivity index (χ4v) is 1.80. The Morgan fingerprint density at radius 3 is 2.56 bits per heavy atom. The first-order valence-electron chi connectivity index (χ1n) is 6.11. The van der Waals surface area contributed by atoms with Gasteiger partial charge in [0.15, 0.2) is 0 Å². The van der Waals surface area contributed by atoms with Gasteiger partial charge in [-0.3, -0.25) is 0 Å². The van der Waals surface area contributed by atoms with Crippen LogP contribution in [0.4, 0.5) is 5.95 Å². The molecule has 2 aromatic rings. The van der Waals surface area contributed by atoms with E-state index in [-0.39, 0.29) is 5.54 Å². The van der Waals surface area contributed by atoms with Gasteiger partial charge in [-0.25, -0.2) is 4.68 Å². The molecule has 0 aliphatic heterocycles. The molecule has 96 valence electrons. The molecule has 0 spiro atoms. The van der Waals surface area contributed by atoms with Gasteiger partial charge >= 0.3 is 0 Å². The third-order valence-electron chi connectivity index (χ3n) is 2.95. The fourth-order valence-electron chi connectivity index (χ4n) is 1.80. The van der Waals surface area contributed by atoms with Gasteiger partial charge in [0.05, 0.1) is 0 Å². The molecular weight excluding hydrogens is 226 g/mol. The van der Waals surface area contributed by atoms with Gasteiger partial charge in [-0.1, -0.05) is 35.4 Å². The molecule has 1 N–H and O–H groups in total. The summed E-state index contributed by atoms with van der Waals surface area (Å²) in [5.74, 6) is 0.702. The van der Waals surface area contributed by atoms with E-state index in [0.717, 1.165) is 12.8 Å². The van der Waals surface area contributed by atoms with E-state index < -0.39 is 0 Å². The first kappa shape index (κ1) is 12.5. The van der Waals surface area contributed by atoms with Crippen LogP contribution in [0.1, 0.15) is 25.8 Å². The van der Waals surface area contributed by atoms with E-state index in [2.05, 4.69) is 59.0 Å². The molecule has 0 fully saturated rings. The number of nitrogens with one attached hydrogen (secondary N) is 1. The first-order valence-corrected chi connectivity index (χ1v) is 6.11. The second-order valence-electron chi connectivity index (χ2n) is 5.12. The molecule has 2 rings (SSSR count). The summed E-state index contributed by atoms with van der Waals surface area (Å²) in [6.45, 7) is 4.31. The SMILES string of the molecule is Cn1nnnc1NC(C)(C)CCc1ccccc1. The van der Waals surface area contributed by atoms with Gasteiger partial charge < -0.3 is 5.32 Å². The van der Waals surface area contributed by atoms with Crippen LogP contribution in [0, 0.1) is 0 Å².